The summed E-state index contributed by atoms with van der Waals surface area (Å²) < 4.78 is 6.83. The summed E-state index contributed by atoms with van der Waals surface area (Å²) in [7, 11) is 1.59. The van der Waals surface area contributed by atoms with Crippen LogP contribution in [0.2, 0.25) is 0 Å². The van der Waals surface area contributed by atoms with Gasteiger partial charge in [-0.15, -0.1) is 0 Å². The van der Waals surface area contributed by atoms with Gasteiger partial charge in [0.15, 0.2) is 5.17 Å². The first-order chi connectivity index (χ1) is 20.0. The van der Waals surface area contributed by atoms with Crippen molar-refractivity contribution >= 4 is 45.9 Å². The molecule has 41 heavy (non-hydrogen) atoms. The number of amidine groups is 2. The maximum absolute atomic E-state index is 13.6. The van der Waals surface area contributed by atoms with Gasteiger partial charge in [-0.05, 0) is 36.8 Å². The van der Waals surface area contributed by atoms with Gasteiger partial charge in [0, 0.05) is 42.1 Å². The summed E-state index contributed by atoms with van der Waals surface area (Å²) in [5.74, 6) is 1.16. The first-order valence-electron chi connectivity index (χ1n) is 13.1. The first kappa shape index (κ1) is 26.5. The predicted octanol–water partition coefficient (Wildman–Crippen LogP) is 3.69. The van der Waals surface area contributed by atoms with Crippen LogP contribution < -0.4 is 15.6 Å². The minimum atomic E-state index is -0.706. The van der Waals surface area contributed by atoms with Crippen molar-refractivity contribution in [2.24, 2.45) is 9.98 Å². The van der Waals surface area contributed by atoms with Gasteiger partial charge in [-0.3, -0.25) is 23.8 Å². The number of pyridine rings is 1. The maximum Gasteiger partial charge on any atom is 0.259 e. The number of nitrogens with one attached hydrogen (secondary N) is 1. The molecule has 11 heteroatoms. The molecule has 0 fully saturated rings. The number of thioether (sulfide) groups is 1. The van der Waals surface area contributed by atoms with Gasteiger partial charge in [0.25, 0.3) is 11.5 Å². The van der Waals surface area contributed by atoms with Crippen LogP contribution in [0, 0.1) is 0 Å². The Balaban J connectivity index is 1.16. The van der Waals surface area contributed by atoms with E-state index in [-0.39, 0.29) is 30.2 Å². The van der Waals surface area contributed by atoms with Crippen LogP contribution in [-0.2, 0) is 21.9 Å². The summed E-state index contributed by atoms with van der Waals surface area (Å²) in [4.78, 5) is 54.4. The number of hydrogen-bond donors (Lipinski definition) is 1. The summed E-state index contributed by atoms with van der Waals surface area (Å²) in [5, 5.41) is 3.36. The molecule has 0 aliphatic carbocycles. The molecule has 4 aromatic rings. The van der Waals surface area contributed by atoms with Crippen molar-refractivity contribution in [2.45, 2.75) is 31.2 Å². The summed E-state index contributed by atoms with van der Waals surface area (Å²) >= 11 is 1.32. The Labute approximate surface area is 239 Å². The second-order valence-corrected chi connectivity index (χ2v) is 10.4. The number of aliphatic imine (C=N–C) groups is 2. The van der Waals surface area contributed by atoms with Crippen LogP contribution in [0.3, 0.4) is 0 Å². The molecule has 0 saturated carbocycles. The first-order valence-corrected chi connectivity index (χ1v) is 14.1. The largest absolute Gasteiger partial charge is 0.496 e. The summed E-state index contributed by atoms with van der Waals surface area (Å²) in [6, 6.07) is 21.2. The Bertz CT molecular complexity index is 1780. The molecule has 0 radical (unpaired) electrons. The SMILES string of the molecule is COc1ccccc1CNC(=O)CC[C@@H]1N=C2c3ccccc3N=C(SCc3cc(=O)n4ccccc4n3)N2C1=O. The molecule has 0 unspecified atom stereocenters. The monoisotopic (exact) mass is 566 g/mol. The Morgan fingerprint density at radius 1 is 1.05 bits per heavy atom. The van der Waals surface area contributed by atoms with Crippen LogP contribution in [0.4, 0.5) is 5.69 Å². The van der Waals surface area contributed by atoms with Crippen LogP contribution in [0.5, 0.6) is 5.75 Å². The number of hydrogen-bond acceptors (Lipinski definition) is 8. The van der Waals surface area contributed by atoms with E-state index in [2.05, 4.69) is 10.3 Å². The maximum atomic E-state index is 13.6. The molecule has 0 bridgehead atoms. The fourth-order valence-corrected chi connectivity index (χ4v) is 5.69. The van der Waals surface area contributed by atoms with Gasteiger partial charge in [-0.25, -0.2) is 14.9 Å². The lowest BCUT2D eigenvalue weighted by Crippen LogP contribution is -2.41. The number of ether oxygens (including phenoxy) is 1. The van der Waals surface area contributed by atoms with E-state index in [1.54, 1.807) is 25.4 Å². The van der Waals surface area contributed by atoms with Crippen molar-refractivity contribution in [2.75, 3.05) is 7.11 Å². The van der Waals surface area contributed by atoms with E-state index < -0.39 is 6.04 Å². The standard InChI is InChI=1S/C30H26N6O4S/c1-40-24-11-5-2-8-19(24)17-31-26(37)14-13-23-29(39)36-28(33-23)21-9-3-4-10-22(21)34-30(36)41-18-20-16-27(38)35-15-7-6-12-25(35)32-20/h2-12,15-16,23H,13-14,17-18H2,1H3,(H,31,37)/t23-/m0/s1. The smallest absolute Gasteiger partial charge is 0.259 e. The zero-order valence-corrected chi connectivity index (χ0v) is 23.0. The molecule has 2 aromatic carbocycles. The average Bonchev–Trinajstić information content (AvgIpc) is 3.34. The molecule has 4 heterocycles. The molecule has 0 spiro atoms. The van der Waals surface area contributed by atoms with Crippen LogP contribution >= 0.6 is 11.8 Å². The number of fused-ring (bicyclic) bond motifs is 4. The summed E-state index contributed by atoms with van der Waals surface area (Å²) in [6.45, 7) is 0.329. The second kappa shape index (κ2) is 11.4. The molecule has 0 saturated heterocycles. The van der Waals surface area contributed by atoms with Crippen LogP contribution in [0.1, 0.15) is 29.7 Å². The normalized spacial score (nSPS) is 15.7. The molecular weight excluding hydrogens is 540 g/mol. The van der Waals surface area contributed by atoms with E-state index >= 15 is 0 Å². The van der Waals surface area contributed by atoms with Gasteiger partial charge in [-0.1, -0.05) is 48.2 Å². The fourth-order valence-electron chi connectivity index (χ4n) is 4.80. The molecule has 2 amide bonds. The predicted molar refractivity (Wildman–Crippen MR) is 158 cm³/mol. The zero-order chi connectivity index (χ0) is 28.3. The topological polar surface area (TPSA) is 118 Å². The number of aromatic nitrogens is 2. The van der Waals surface area contributed by atoms with E-state index in [4.69, 9.17) is 14.7 Å². The van der Waals surface area contributed by atoms with Crippen LogP contribution in [0.15, 0.2) is 93.8 Å². The quantitative estimate of drug-likeness (QED) is 0.348. The van der Waals surface area contributed by atoms with Gasteiger partial charge in [-0.2, -0.15) is 0 Å². The minimum Gasteiger partial charge on any atom is -0.496 e. The number of rotatable bonds is 8. The van der Waals surface area contributed by atoms with Gasteiger partial charge >= 0.3 is 0 Å². The summed E-state index contributed by atoms with van der Waals surface area (Å²) in [5.41, 5.74) is 3.30. The molecule has 10 nitrogen and oxygen atoms in total. The van der Waals surface area contributed by atoms with Gasteiger partial charge in [0.1, 0.15) is 23.3 Å². The molecule has 206 valence electrons. The van der Waals surface area contributed by atoms with Crippen LogP contribution in [0.25, 0.3) is 5.65 Å². The fraction of sp³-hybridized carbons (Fsp3) is 0.200. The lowest BCUT2D eigenvalue weighted by atomic mass is 10.1. The van der Waals surface area contributed by atoms with Crippen molar-refractivity contribution in [1.82, 2.24) is 19.6 Å². The third-order valence-corrected chi connectivity index (χ3v) is 7.81. The van der Waals surface area contributed by atoms with Crippen molar-refractivity contribution in [3.8, 4) is 5.75 Å². The Morgan fingerprint density at radius 3 is 2.73 bits per heavy atom. The zero-order valence-electron chi connectivity index (χ0n) is 22.2. The van der Waals surface area contributed by atoms with Gasteiger partial charge in [0.2, 0.25) is 5.91 Å². The molecular formula is C30H26N6O4S. The number of benzene rings is 2. The van der Waals surface area contributed by atoms with Gasteiger partial charge < -0.3 is 10.1 Å². The van der Waals surface area contributed by atoms with Gasteiger partial charge in [0.05, 0.1) is 18.5 Å². The van der Waals surface area contributed by atoms with Crippen molar-refractivity contribution in [3.05, 3.63) is 106 Å². The van der Waals surface area contributed by atoms with E-state index in [1.165, 1.54) is 27.1 Å². The number of methoxy groups -OCH3 is 1. The molecule has 2 aliphatic heterocycles. The molecule has 1 N–H and O–H groups in total. The molecule has 2 aromatic heterocycles. The Hall–Kier alpha value is -4.77. The number of carbonyl (C=O) groups is 2. The van der Waals surface area contributed by atoms with Crippen molar-refractivity contribution in [1.29, 1.82) is 0 Å². The van der Waals surface area contributed by atoms with Crippen molar-refractivity contribution in [3.63, 3.8) is 0 Å². The number of carbonyl (C=O) groups excluding carboxylic acids is 2. The Kier molecular flexibility index (Phi) is 7.34. The lowest BCUT2D eigenvalue weighted by molar-refractivity contribution is -0.125. The van der Waals surface area contributed by atoms with Crippen molar-refractivity contribution < 1.29 is 14.3 Å². The average molecular weight is 567 g/mol. The van der Waals surface area contributed by atoms with E-state index in [0.29, 0.717) is 46.1 Å². The van der Waals surface area contributed by atoms with E-state index in [9.17, 15) is 14.4 Å². The molecule has 1 atom stereocenters. The third-order valence-electron chi connectivity index (χ3n) is 6.83. The number of nitrogens with zero attached hydrogens (tertiary/aromatic N) is 5. The highest BCUT2D eigenvalue weighted by Gasteiger charge is 2.41. The molecule has 2 aliphatic rings. The Morgan fingerprint density at radius 2 is 1.85 bits per heavy atom. The van der Waals surface area contributed by atoms with E-state index in [0.717, 1.165) is 11.1 Å². The highest BCUT2D eigenvalue weighted by atomic mass is 32.2. The number of amides is 2. The highest BCUT2D eigenvalue weighted by molar-refractivity contribution is 8.13. The second-order valence-electron chi connectivity index (χ2n) is 9.48. The summed E-state index contributed by atoms with van der Waals surface area (Å²) in [6.07, 6.45) is 2.08. The third kappa shape index (κ3) is 5.36. The van der Waals surface area contributed by atoms with E-state index in [1.807, 2.05) is 54.6 Å². The molecule has 6 rings (SSSR count). The minimum absolute atomic E-state index is 0.141. The highest BCUT2D eigenvalue weighted by Crippen LogP contribution is 2.35. The lowest BCUT2D eigenvalue weighted by Gasteiger charge is -2.25. The number of para-hydroxylation sites is 2. The van der Waals surface area contributed by atoms with Crippen LogP contribution in [-0.4, -0.2) is 50.3 Å².